The quantitative estimate of drug-likeness (QED) is 0.133. The lowest BCUT2D eigenvalue weighted by Gasteiger charge is -2.13. The van der Waals surface area contributed by atoms with E-state index in [0.29, 0.717) is 28.4 Å². The van der Waals surface area contributed by atoms with Crippen molar-refractivity contribution in [2.24, 2.45) is 9.98 Å². The number of guanidine groups is 1. The van der Waals surface area contributed by atoms with Gasteiger partial charge in [-0.1, -0.05) is 44.1 Å². The van der Waals surface area contributed by atoms with Crippen molar-refractivity contribution < 1.29 is 4.79 Å². The van der Waals surface area contributed by atoms with Crippen LogP contribution in [0.4, 0.5) is 0 Å². The molecule has 30 heavy (non-hydrogen) atoms. The largest absolute Gasteiger partial charge is 0.347 e. The van der Waals surface area contributed by atoms with Gasteiger partial charge in [0.15, 0.2) is 5.78 Å². The zero-order chi connectivity index (χ0) is 22.9. The molecule has 0 rings (SSSR count). The van der Waals surface area contributed by atoms with Crippen molar-refractivity contribution in [2.75, 3.05) is 14.1 Å². The number of terminal acetylenes is 1. The number of carbonyl (C=O) groups excluding carboxylic acids is 1. The summed E-state index contributed by atoms with van der Waals surface area (Å²) in [6.07, 6.45) is 19.1. The van der Waals surface area contributed by atoms with E-state index in [1.807, 2.05) is 40.1 Å². The molecule has 0 aliphatic rings. The molecule has 0 unspecified atom stereocenters. The minimum Gasteiger partial charge on any atom is -0.347 e. The second-order valence-electron chi connectivity index (χ2n) is 6.61. The van der Waals surface area contributed by atoms with Crippen LogP contribution in [-0.4, -0.2) is 37.0 Å². The van der Waals surface area contributed by atoms with Crippen molar-refractivity contribution in [3.05, 3.63) is 58.9 Å². The molecule has 0 saturated carbocycles. The fourth-order valence-corrected chi connectivity index (χ4v) is 2.22. The molecular formula is C25H32N4O. The fourth-order valence-electron chi connectivity index (χ4n) is 2.22. The molecule has 0 aliphatic heterocycles. The summed E-state index contributed by atoms with van der Waals surface area (Å²) in [5, 5.41) is 9.50. The molecule has 0 radical (unpaired) electrons. The maximum atomic E-state index is 13.2. The zero-order valence-electron chi connectivity index (χ0n) is 18.9. The lowest BCUT2D eigenvalue weighted by molar-refractivity contribution is -0.112. The molecule has 0 spiro atoms. The number of allylic oxidation sites excluding steroid dienone is 10. The normalized spacial score (nSPS) is 14.2. The van der Waals surface area contributed by atoms with Gasteiger partial charge in [0, 0.05) is 43.6 Å². The molecule has 0 saturated heterocycles. The second-order valence-corrected chi connectivity index (χ2v) is 6.61. The highest BCUT2D eigenvalue weighted by atomic mass is 16.1. The molecule has 0 aliphatic carbocycles. The Labute approximate surface area is 181 Å². The van der Waals surface area contributed by atoms with Crippen molar-refractivity contribution in [3.63, 3.8) is 0 Å². The van der Waals surface area contributed by atoms with Gasteiger partial charge in [0.05, 0.1) is 6.07 Å². The van der Waals surface area contributed by atoms with E-state index in [1.54, 1.807) is 43.2 Å². The third-order valence-corrected chi connectivity index (χ3v) is 3.84. The fraction of sp³-hybridized carbons (Fsp3) is 0.360. The predicted molar refractivity (Wildman–Crippen MR) is 127 cm³/mol. The summed E-state index contributed by atoms with van der Waals surface area (Å²) in [6.45, 7) is 7.54. The topological polar surface area (TPSA) is 68.8 Å². The number of rotatable bonds is 9. The molecule has 0 aromatic heterocycles. The monoisotopic (exact) mass is 404 g/mol. The highest BCUT2D eigenvalue weighted by Crippen LogP contribution is 2.21. The van der Waals surface area contributed by atoms with Crippen LogP contribution < -0.4 is 0 Å². The van der Waals surface area contributed by atoms with Crippen LogP contribution in [0, 0.1) is 23.7 Å². The maximum Gasteiger partial charge on any atom is 0.224 e. The lowest BCUT2D eigenvalue weighted by Crippen LogP contribution is -2.20. The van der Waals surface area contributed by atoms with Gasteiger partial charge in [0.2, 0.25) is 5.96 Å². The lowest BCUT2D eigenvalue weighted by atomic mass is 9.96. The first-order valence-electron chi connectivity index (χ1n) is 9.90. The van der Waals surface area contributed by atoms with Crippen molar-refractivity contribution >= 4 is 18.0 Å². The first kappa shape index (κ1) is 26.6. The Morgan fingerprint density at radius 3 is 2.37 bits per heavy atom. The number of nitrogens with zero attached hydrogens (tertiary/aromatic N) is 4. The van der Waals surface area contributed by atoms with Crippen molar-refractivity contribution in [1.29, 1.82) is 5.26 Å². The Balaban J connectivity index is 6.43. The van der Waals surface area contributed by atoms with Gasteiger partial charge >= 0.3 is 0 Å². The summed E-state index contributed by atoms with van der Waals surface area (Å²) in [7, 11) is 3.68. The van der Waals surface area contributed by atoms with Gasteiger partial charge in [0.25, 0.3) is 0 Å². The molecule has 0 N–H and O–H groups in total. The minimum absolute atomic E-state index is 0.153. The van der Waals surface area contributed by atoms with E-state index in [0.717, 1.165) is 12.8 Å². The molecular weight excluding hydrogens is 372 g/mol. The van der Waals surface area contributed by atoms with E-state index in [1.165, 1.54) is 6.08 Å². The number of hydrogen-bond donors (Lipinski definition) is 0. The first-order valence-corrected chi connectivity index (χ1v) is 9.90. The number of hydrogen-bond acceptors (Lipinski definition) is 3. The van der Waals surface area contributed by atoms with Crippen LogP contribution >= 0.6 is 0 Å². The van der Waals surface area contributed by atoms with E-state index in [9.17, 15) is 10.1 Å². The second kappa shape index (κ2) is 15.5. The molecule has 0 aromatic carbocycles. The van der Waals surface area contributed by atoms with Gasteiger partial charge in [0.1, 0.15) is 0 Å². The number of Topliss-reactive ketones (excluding diaryl/α,β-unsaturated/α-hetero) is 1. The Morgan fingerprint density at radius 1 is 1.13 bits per heavy atom. The summed E-state index contributed by atoms with van der Waals surface area (Å²) in [6, 6.07) is 2.14. The van der Waals surface area contributed by atoms with Gasteiger partial charge in [-0.3, -0.25) is 4.79 Å². The number of nitriles is 1. The maximum absolute atomic E-state index is 13.2. The van der Waals surface area contributed by atoms with Gasteiger partial charge in [-0.2, -0.15) is 5.26 Å². The average Bonchev–Trinajstić information content (AvgIpc) is 2.72. The zero-order valence-corrected chi connectivity index (χ0v) is 18.9. The Morgan fingerprint density at radius 2 is 1.83 bits per heavy atom. The molecule has 5 nitrogen and oxygen atoms in total. The molecule has 0 amide bonds. The van der Waals surface area contributed by atoms with E-state index in [4.69, 9.17) is 6.42 Å². The Bertz CT molecular complexity index is 879. The van der Waals surface area contributed by atoms with Gasteiger partial charge in [-0.15, -0.1) is 6.42 Å². The van der Waals surface area contributed by atoms with Crippen LogP contribution in [0.3, 0.4) is 0 Å². The van der Waals surface area contributed by atoms with E-state index >= 15 is 0 Å². The predicted octanol–water partition coefficient (Wildman–Crippen LogP) is 5.17. The van der Waals surface area contributed by atoms with Crippen molar-refractivity contribution in [3.8, 4) is 18.4 Å². The first-order chi connectivity index (χ1) is 14.3. The van der Waals surface area contributed by atoms with Crippen LogP contribution in [0.25, 0.3) is 0 Å². The smallest absolute Gasteiger partial charge is 0.224 e. The standard InChI is InChI=1S/C25H32N4O/c1-8-11-13-15-20(4)24(30)23(18-22(19-26)16-14-12-9-2)21(5)28-25(29(6)7)27-17-10-3/h2,11-17H,8,10,18H2,1,3-7H3/b13-11-,14-12-,20-15+,22-16+,23-21+,27-17?,28-25?. The highest BCUT2D eigenvalue weighted by molar-refractivity contribution is 6.09. The minimum atomic E-state index is -0.156. The summed E-state index contributed by atoms with van der Waals surface area (Å²) in [5.74, 6) is 2.71. The number of carbonyl (C=O) groups is 1. The highest BCUT2D eigenvalue weighted by Gasteiger charge is 2.17. The average molecular weight is 405 g/mol. The third kappa shape index (κ3) is 10.2. The van der Waals surface area contributed by atoms with Crippen molar-refractivity contribution in [1.82, 2.24) is 4.90 Å². The summed E-state index contributed by atoms with van der Waals surface area (Å²) in [4.78, 5) is 23.9. The molecule has 0 atom stereocenters. The molecule has 0 fully saturated rings. The van der Waals surface area contributed by atoms with Gasteiger partial charge in [-0.25, -0.2) is 9.98 Å². The van der Waals surface area contributed by atoms with Crippen LogP contribution in [0.2, 0.25) is 0 Å². The number of aliphatic imine (C=N–C) groups is 2. The van der Waals surface area contributed by atoms with Gasteiger partial charge < -0.3 is 4.90 Å². The SMILES string of the molecule is C#C/C=C\C=C(\C#N)C/C(C(=O)/C(C)=C/C=C\CC)=C(/C)N=C(N=CCC)N(C)C. The molecule has 5 heteroatoms. The summed E-state index contributed by atoms with van der Waals surface area (Å²) >= 11 is 0. The molecule has 0 bridgehead atoms. The van der Waals surface area contributed by atoms with E-state index in [-0.39, 0.29) is 12.2 Å². The van der Waals surface area contributed by atoms with Crippen molar-refractivity contribution in [2.45, 2.75) is 47.0 Å². The third-order valence-electron chi connectivity index (χ3n) is 3.84. The van der Waals surface area contributed by atoms with Crippen LogP contribution in [-0.2, 0) is 4.79 Å². The molecule has 0 heterocycles. The summed E-state index contributed by atoms with van der Waals surface area (Å²) in [5.41, 5.74) is 1.96. The van der Waals surface area contributed by atoms with Crippen LogP contribution in [0.15, 0.2) is 68.9 Å². The molecule has 158 valence electrons. The van der Waals surface area contributed by atoms with Crippen LogP contribution in [0.1, 0.15) is 47.0 Å². The van der Waals surface area contributed by atoms with E-state index in [2.05, 4.69) is 22.0 Å². The molecule has 0 aromatic rings. The van der Waals surface area contributed by atoms with E-state index < -0.39 is 0 Å². The Hall–Kier alpha value is -3.44. The summed E-state index contributed by atoms with van der Waals surface area (Å²) < 4.78 is 0. The number of ketones is 1. The van der Waals surface area contributed by atoms with Crippen LogP contribution in [0.5, 0.6) is 0 Å². The van der Waals surface area contributed by atoms with Gasteiger partial charge in [-0.05, 0) is 44.4 Å². The Kier molecular flexibility index (Phi) is 13.7.